The lowest BCUT2D eigenvalue weighted by Crippen LogP contribution is -2.45. The van der Waals surface area contributed by atoms with E-state index < -0.39 is 11.7 Å². The van der Waals surface area contributed by atoms with Gasteiger partial charge in [0.15, 0.2) is 5.96 Å². The van der Waals surface area contributed by atoms with Crippen molar-refractivity contribution < 1.29 is 9.53 Å². The number of carbonyl (C=O) groups excluding carboxylic acids is 1. The zero-order valence-electron chi connectivity index (χ0n) is 20.0. The van der Waals surface area contributed by atoms with Crippen LogP contribution in [-0.2, 0) is 17.6 Å². The van der Waals surface area contributed by atoms with Crippen LogP contribution in [0.15, 0.2) is 36.4 Å². The number of nitrogens with one attached hydrogen (secondary N) is 5. The summed E-state index contributed by atoms with van der Waals surface area (Å²) >= 11 is 0. The number of pyridine rings is 1. The lowest BCUT2D eigenvalue weighted by Gasteiger charge is -2.26. The van der Waals surface area contributed by atoms with Crippen molar-refractivity contribution >= 4 is 23.1 Å². The van der Waals surface area contributed by atoms with Crippen molar-refractivity contribution in [3.8, 4) is 0 Å². The number of aromatic amines is 1. The van der Waals surface area contributed by atoms with Gasteiger partial charge in [0.2, 0.25) is 0 Å². The first-order valence-electron chi connectivity index (χ1n) is 11.7. The smallest absolute Gasteiger partial charge is 0.414 e. The van der Waals surface area contributed by atoms with E-state index >= 15 is 0 Å². The number of alkyl carbamates (subject to hydrolysis) is 1. The first kappa shape index (κ1) is 23.7. The summed E-state index contributed by atoms with van der Waals surface area (Å²) in [6.07, 6.45) is 3.18. The minimum absolute atomic E-state index is 0.0775. The lowest BCUT2D eigenvalue weighted by atomic mass is 9.91. The molecule has 3 aromatic rings. The molecule has 1 aliphatic rings. The van der Waals surface area contributed by atoms with Gasteiger partial charge in [0.05, 0.1) is 16.7 Å². The van der Waals surface area contributed by atoms with E-state index in [-0.39, 0.29) is 12.0 Å². The van der Waals surface area contributed by atoms with Crippen molar-refractivity contribution in [1.82, 2.24) is 30.9 Å². The highest BCUT2D eigenvalue weighted by molar-refractivity contribution is 5.92. The first-order valence-corrected chi connectivity index (χ1v) is 11.7. The van der Waals surface area contributed by atoms with Gasteiger partial charge in [-0.25, -0.2) is 9.78 Å². The molecule has 0 radical (unpaired) electrons. The molecule has 4 rings (SSSR count). The maximum Gasteiger partial charge on any atom is 0.414 e. The Balaban J connectivity index is 1.31. The number of imidazole rings is 1. The largest absolute Gasteiger partial charge is 0.444 e. The minimum Gasteiger partial charge on any atom is -0.444 e. The van der Waals surface area contributed by atoms with Crippen LogP contribution >= 0.6 is 0 Å². The summed E-state index contributed by atoms with van der Waals surface area (Å²) in [5.74, 6) is 0.834. The van der Waals surface area contributed by atoms with Gasteiger partial charge in [0, 0.05) is 31.2 Å². The molecule has 9 heteroatoms. The second kappa shape index (κ2) is 10.2. The molecule has 1 atom stereocenters. The number of carbonyl (C=O) groups is 1. The number of para-hydroxylation sites is 2. The Morgan fingerprint density at radius 2 is 2.00 bits per heavy atom. The Bertz CT molecular complexity index is 1130. The molecule has 0 spiro atoms. The lowest BCUT2D eigenvalue weighted by molar-refractivity contribution is 0.0561. The Morgan fingerprint density at radius 3 is 2.79 bits per heavy atom. The van der Waals surface area contributed by atoms with Crippen LogP contribution in [0.3, 0.4) is 0 Å². The van der Waals surface area contributed by atoms with Crippen LogP contribution in [0, 0.1) is 5.41 Å². The van der Waals surface area contributed by atoms with Crippen molar-refractivity contribution in [2.45, 2.75) is 58.1 Å². The Hall–Kier alpha value is -3.46. The highest BCUT2D eigenvalue weighted by Gasteiger charge is 2.22. The fraction of sp³-hybridized carbons (Fsp3) is 0.440. The van der Waals surface area contributed by atoms with Crippen LogP contribution in [0.2, 0.25) is 0 Å². The van der Waals surface area contributed by atoms with Crippen LogP contribution in [0.25, 0.3) is 11.0 Å². The van der Waals surface area contributed by atoms with Crippen LogP contribution < -0.4 is 16.0 Å². The van der Waals surface area contributed by atoms with E-state index in [9.17, 15) is 4.79 Å². The number of H-pyrrole nitrogens is 1. The zero-order valence-corrected chi connectivity index (χ0v) is 20.0. The van der Waals surface area contributed by atoms with Crippen LogP contribution in [0.4, 0.5) is 4.79 Å². The van der Waals surface area contributed by atoms with Gasteiger partial charge < -0.3 is 20.4 Å². The molecule has 1 aromatic carbocycles. The highest BCUT2D eigenvalue weighted by Crippen LogP contribution is 2.28. The maximum atomic E-state index is 11.8. The van der Waals surface area contributed by atoms with Gasteiger partial charge in [-0.15, -0.1) is 0 Å². The van der Waals surface area contributed by atoms with Gasteiger partial charge in [0.1, 0.15) is 11.4 Å². The normalized spacial score (nSPS) is 15.6. The van der Waals surface area contributed by atoms with Crippen molar-refractivity contribution in [2.75, 3.05) is 13.1 Å². The number of hydrogen-bond donors (Lipinski definition) is 5. The Kier molecular flexibility index (Phi) is 7.12. The molecule has 0 aliphatic heterocycles. The van der Waals surface area contributed by atoms with Crippen LogP contribution in [0.1, 0.15) is 62.4 Å². The molecule has 2 aromatic heterocycles. The molecule has 0 saturated heterocycles. The van der Waals surface area contributed by atoms with Crippen LogP contribution in [0.5, 0.6) is 0 Å². The molecule has 5 N–H and O–H groups in total. The number of fused-ring (bicyclic) bond motifs is 2. The molecule has 0 saturated carbocycles. The minimum atomic E-state index is -0.639. The second-order valence-corrected chi connectivity index (χ2v) is 9.55. The molecule has 180 valence electrons. The van der Waals surface area contributed by atoms with E-state index in [2.05, 4.69) is 38.1 Å². The molecule has 34 heavy (non-hydrogen) atoms. The summed E-state index contributed by atoms with van der Waals surface area (Å²) < 4.78 is 5.16. The third-order valence-corrected chi connectivity index (χ3v) is 5.57. The van der Waals surface area contributed by atoms with Gasteiger partial charge in [-0.1, -0.05) is 18.2 Å². The van der Waals surface area contributed by atoms with Crippen molar-refractivity contribution in [3.63, 3.8) is 0 Å². The predicted molar refractivity (Wildman–Crippen MR) is 132 cm³/mol. The van der Waals surface area contributed by atoms with Crippen molar-refractivity contribution in [2.24, 2.45) is 0 Å². The number of rotatable bonds is 6. The van der Waals surface area contributed by atoms with E-state index in [0.717, 1.165) is 47.5 Å². The first-order chi connectivity index (χ1) is 16.3. The number of aromatic nitrogens is 3. The molecule has 0 bridgehead atoms. The van der Waals surface area contributed by atoms with E-state index in [1.165, 1.54) is 5.56 Å². The van der Waals surface area contributed by atoms with Gasteiger partial charge >= 0.3 is 6.09 Å². The fourth-order valence-electron chi connectivity index (χ4n) is 4.13. The number of ether oxygens (including phenoxy) is 1. The second-order valence-electron chi connectivity index (χ2n) is 9.55. The molecule has 9 nitrogen and oxygen atoms in total. The number of amides is 1. The van der Waals surface area contributed by atoms with Gasteiger partial charge in [-0.05, 0) is 63.8 Å². The summed E-state index contributed by atoms with van der Waals surface area (Å²) in [5.41, 5.74) is 4.78. The molecule has 1 aliphatic carbocycles. The van der Waals surface area contributed by atoms with Gasteiger partial charge in [-0.2, -0.15) is 0 Å². The van der Waals surface area contributed by atoms with Crippen LogP contribution in [-0.4, -0.2) is 45.7 Å². The van der Waals surface area contributed by atoms with E-state index in [4.69, 9.17) is 15.1 Å². The van der Waals surface area contributed by atoms with E-state index in [1.54, 1.807) is 20.8 Å². The molecule has 1 unspecified atom stereocenters. The Labute approximate surface area is 199 Å². The summed E-state index contributed by atoms with van der Waals surface area (Å²) in [4.78, 5) is 24.8. The summed E-state index contributed by atoms with van der Waals surface area (Å²) in [7, 11) is 0. The molecule has 1 amide bonds. The third kappa shape index (κ3) is 6.32. The Morgan fingerprint density at radius 1 is 1.18 bits per heavy atom. The average Bonchev–Trinajstić information content (AvgIpc) is 3.17. The molecule has 0 fully saturated rings. The SMILES string of the molecule is CC(C)(C)OC(=O)NC(=N)NCCNC1CCCc2ccc(Cc3nc4ccccc4[nH]3)nc21. The van der Waals surface area contributed by atoms with Gasteiger partial charge in [-0.3, -0.25) is 15.7 Å². The number of benzene rings is 1. The predicted octanol–water partition coefficient (Wildman–Crippen LogP) is 3.56. The summed E-state index contributed by atoms with van der Waals surface area (Å²) in [6.45, 7) is 6.49. The average molecular weight is 464 g/mol. The third-order valence-electron chi connectivity index (χ3n) is 5.57. The standard InChI is InChI=1S/C25H33N7O2/c1-25(2,3)34-24(33)32-23(26)28-14-13-27-20-10-6-7-16-11-12-17(29-22(16)20)15-21-30-18-8-4-5-9-19(18)31-21/h4-5,8-9,11-12,20,27H,6-7,10,13-15H2,1-3H3,(H,30,31)(H3,26,28,32,33). The van der Waals surface area contributed by atoms with Gasteiger partial charge in [0.25, 0.3) is 0 Å². The summed E-state index contributed by atoms with van der Waals surface area (Å²) in [5, 5.41) is 16.7. The van der Waals surface area contributed by atoms with Crippen molar-refractivity contribution in [3.05, 3.63) is 59.2 Å². The van der Waals surface area contributed by atoms with E-state index in [1.807, 2.05) is 24.3 Å². The number of nitrogens with zero attached hydrogens (tertiary/aromatic N) is 2. The molecular formula is C25H33N7O2. The highest BCUT2D eigenvalue weighted by atomic mass is 16.6. The molecular weight excluding hydrogens is 430 g/mol. The monoisotopic (exact) mass is 463 g/mol. The van der Waals surface area contributed by atoms with Crippen molar-refractivity contribution in [1.29, 1.82) is 5.41 Å². The number of guanidine groups is 1. The quantitative estimate of drug-likeness (QED) is 0.216. The maximum absolute atomic E-state index is 11.8. The summed E-state index contributed by atoms with van der Waals surface area (Å²) in [6, 6.07) is 12.5. The fourth-order valence-corrected chi connectivity index (χ4v) is 4.13. The number of aryl methyl sites for hydroxylation is 1. The van der Waals surface area contributed by atoms with E-state index in [0.29, 0.717) is 19.5 Å². The molecule has 2 heterocycles. The zero-order chi connectivity index (χ0) is 24.1. The topological polar surface area (TPSA) is 128 Å². The number of hydrogen-bond acceptors (Lipinski definition) is 6.